The minimum absolute atomic E-state index is 0.0469. The number of hydrogen-bond acceptors (Lipinski definition) is 17. The third kappa shape index (κ3) is 18.7. The van der Waals surface area contributed by atoms with Gasteiger partial charge in [-0.25, -0.2) is 29.1 Å². The maximum atomic E-state index is 13.3. The molecule has 0 saturated carbocycles. The van der Waals surface area contributed by atoms with E-state index in [0.717, 1.165) is 64.1 Å². The van der Waals surface area contributed by atoms with E-state index in [9.17, 15) is 38.7 Å². The number of fused-ring (bicyclic) bond motifs is 4. The van der Waals surface area contributed by atoms with Gasteiger partial charge in [0.2, 0.25) is 5.91 Å². The molecule has 2 aromatic carbocycles. The molecule has 0 bridgehead atoms. The van der Waals surface area contributed by atoms with E-state index in [-0.39, 0.29) is 48.3 Å². The molecule has 5 amide bonds. The molecule has 19 nitrogen and oxygen atoms in total. The third-order valence-corrected chi connectivity index (χ3v) is 17.7. The number of aromatic nitrogens is 2. The average molecular weight is 1260 g/mol. The van der Waals surface area contributed by atoms with Crippen LogP contribution in [0, 0.1) is 5.92 Å². The summed E-state index contributed by atoms with van der Waals surface area (Å²) in [6.45, 7) is 26.5. The Morgan fingerprint density at radius 1 is 0.674 bits per heavy atom. The quantitative estimate of drug-likeness (QED) is 0.0812. The largest absolute Gasteiger partial charge is 0.478 e. The Morgan fingerprint density at radius 2 is 1.16 bits per heavy atom. The van der Waals surface area contributed by atoms with E-state index in [4.69, 9.17) is 24.2 Å². The normalized spacial score (nSPS) is 13.3. The molecule has 3 N–H and O–H groups in total. The van der Waals surface area contributed by atoms with Gasteiger partial charge in [-0.15, -0.1) is 45.3 Å². The molecule has 2 aliphatic rings. The zero-order valence-corrected chi connectivity index (χ0v) is 56.2. The highest BCUT2D eigenvalue weighted by molar-refractivity contribution is 7.23. The number of Topliss-reactive ketones (excluding diaryl/α,β-unsaturated/α-hetero) is 1. The summed E-state index contributed by atoms with van der Waals surface area (Å²) in [4.78, 5) is 108. The fourth-order valence-electron chi connectivity index (χ4n) is 9.38. The molecule has 2 aliphatic heterocycles. The first kappa shape index (κ1) is 68.6. The van der Waals surface area contributed by atoms with Crippen LogP contribution in [0.25, 0.3) is 41.6 Å². The van der Waals surface area contributed by atoms with Crippen molar-refractivity contribution in [3.05, 3.63) is 73.3 Å². The van der Waals surface area contributed by atoms with Crippen molar-refractivity contribution in [1.29, 1.82) is 0 Å². The molecular weight excluding hydrogens is 1170 g/mol. The zero-order valence-electron chi connectivity index (χ0n) is 53.0. The number of carbonyl (C=O) groups excluding carboxylic acids is 6. The van der Waals surface area contributed by atoms with Crippen LogP contribution in [-0.4, -0.2) is 147 Å². The Bertz CT molecular complexity index is 3430. The second kappa shape index (κ2) is 29.0. The Balaban J connectivity index is 0.000000265. The van der Waals surface area contributed by atoms with Crippen LogP contribution < -0.4 is 10.6 Å². The van der Waals surface area contributed by atoms with Crippen molar-refractivity contribution in [2.75, 3.05) is 53.1 Å². The number of carboxylic acid groups (broad SMARTS) is 1. The number of rotatable bonds is 15. The number of carbonyl (C=O) groups is 7. The van der Waals surface area contributed by atoms with Crippen LogP contribution in [-0.2, 0) is 56.2 Å². The maximum absolute atomic E-state index is 13.3. The number of thiazole rings is 2. The number of carboxylic acids is 1. The molecule has 6 aromatic rings. The Kier molecular flexibility index (Phi) is 23.1. The number of hydrogen-bond donors (Lipinski definition) is 3. The van der Waals surface area contributed by atoms with Gasteiger partial charge in [0.25, 0.3) is 5.91 Å². The highest BCUT2D eigenvalue weighted by atomic mass is 32.1. The van der Waals surface area contributed by atoms with E-state index in [0.29, 0.717) is 78.9 Å². The van der Waals surface area contributed by atoms with Gasteiger partial charge in [-0.1, -0.05) is 20.3 Å². The van der Waals surface area contributed by atoms with Crippen molar-refractivity contribution in [1.82, 2.24) is 34.9 Å². The summed E-state index contributed by atoms with van der Waals surface area (Å²) in [5.41, 5.74) is 4.21. The molecule has 0 radical (unpaired) electrons. The molecule has 0 aliphatic carbocycles. The van der Waals surface area contributed by atoms with E-state index in [1.165, 1.54) is 39.2 Å². The smallest absolute Gasteiger partial charge is 0.410 e. The van der Waals surface area contributed by atoms with Crippen LogP contribution in [0.3, 0.4) is 0 Å². The lowest BCUT2D eigenvalue weighted by Gasteiger charge is -2.30. The van der Waals surface area contributed by atoms with Crippen LogP contribution in [0.2, 0.25) is 0 Å². The fraction of sp³-hybridized carbons (Fsp3) is 0.540. The lowest BCUT2D eigenvalue weighted by molar-refractivity contribution is -0.118. The highest BCUT2D eigenvalue weighted by Crippen LogP contribution is 2.47. The number of nitrogens with one attached hydrogen (secondary N) is 2. The van der Waals surface area contributed by atoms with Gasteiger partial charge in [-0.3, -0.25) is 14.4 Å². The molecule has 468 valence electrons. The summed E-state index contributed by atoms with van der Waals surface area (Å²) < 4.78 is 18.6. The molecule has 0 unspecified atom stereocenters. The average Bonchev–Trinajstić information content (AvgIpc) is 2.56. The van der Waals surface area contributed by atoms with Crippen molar-refractivity contribution >= 4 is 113 Å². The minimum Gasteiger partial charge on any atom is -0.478 e. The standard InChI is InChI=1S/C31H40N4O7S2.C30H39N3O4S2.C2H7N/c1-17(2)35(29(40)42-31(6,7)8)14-12-23(36)33-26-24(25-32-20-15-18(27(37)38)9-10-21(20)43-25)19-11-13-34(16-22(19)44-26)28(39)41-30(3,4)5;1-18(2)9-8-10-20(34)16-24-26(21-13-14-33(17-25(21)38-24)29(36)37-30(3,4)5)27-31-22-15-19(28(35)32(6)7)11-12-23(22)39-27;1-3-2/h9-10,15,17H,11-14,16H2,1-8H3,(H,33,36)(H,37,38);11-12,15,18H,8-10,13-14,16-17H2,1-7H3;3H,1-2H3. The number of amides is 5. The molecule has 0 spiro atoms. The van der Waals surface area contributed by atoms with Gasteiger partial charge >= 0.3 is 24.2 Å². The molecule has 0 atom stereocenters. The summed E-state index contributed by atoms with van der Waals surface area (Å²) in [6.07, 6.45) is 2.94. The first-order valence-electron chi connectivity index (χ1n) is 29.1. The van der Waals surface area contributed by atoms with Crippen molar-refractivity contribution in [2.45, 2.75) is 171 Å². The van der Waals surface area contributed by atoms with Crippen LogP contribution in [0.5, 0.6) is 0 Å². The number of ether oxygens (including phenoxy) is 3. The molecule has 4 aromatic heterocycles. The number of ketones is 1. The molecule has 8 rings (SSSR count). The van der Waals surface area contributed by atoms with Crippen LogP contribution >= 0.6 is 45.3 Å². The summed E-state index contributed by atoms with van der Waals surface area (Å²) in [5.74, 6) is -0.564. The van der Waals surface area contributed by atoms with Gasteiger partial charge in [-0.05, 0) is 163 Å². The summed E-state index contributed by atoms with van der Waals surface area (Å²) >= 11 is 6.01. The van der Waals surface area contributed by atoms with E-state index in [1.54, 1.807) is 84.4 Å². The second-order valence-corrected chi connectivity index (χ2v) is 29.6. The van der Waals surface area contributed by atoms with E-state index >= 15 is 0 Å². The van der Waals surface area contributed by atoms with E-state index in [2.05, 4.69) is 24.5 Å². The number of anilines is 1. The minimum atomic E-state index is -1.04. The molecule has 86 heavy (non-hydrogen) atoms. The monoisotopic (exact) mass is 1260 g/mol. The van der Waals surface area contributed by atoms with Crippen LogP contribution in [0.15, 0.2) is 36.4 Å². The number of nitrogens with zero attached hydrogens (tertiary/aromatic N) is 6. The van der Waals surface area contributed by atoms with Gasteiger partial charge < -0.3 is 49.6 Å². The maximum Gasteiger partial charge on any atom is 0.410 e. The van der Waals surface area contributed by atoms with Gasteiger partial charge in [-0.2, -0.15) is 0 Å². The van der Waals surface area contributed by atoms with Crippen molar-refractivity contribution in [3.63, 3.8) is 0 Å². The van der Waals surface area contributed by atoms with Crippen molar-refractivity contribution in [2.24, 2.45) is 5.92 Å². The Hall–Kier alpha value is -6.53. The lowest BCUT2D eigenvalue weighted by Crippen LogP contribution is -2.42. The Labute approximate surface area is 521 Å². The first-order valence-corrected chi connectivity index (χ1v) is 32.3. The zero-order chi connectivity index (χ0) is 63.7. The van der Waals surface area contributed by atoms with Crippen molar-refractivity contribution in [3.8, 4) is 21.1 Å². The number of thiophene rings is 2. The summed E-state index contributed by atoms with van der Waals surface area (Å²) in [6, 6.07) is 10.3. The van der Waals surface area contributed by atoms with E-state index in [1.807, 2.05) is 87.7 Å². The van der Waals surface area contributed by atoms with Crippen LogP contribution in [0.4, 0.5) is 19.4 Å². The summed E-state index contributed by atoms with van der Waals surface area (Å²) in [5, 5.41) is 17.4. The molecule has 6 heterocycles. The number of benzene rings is 2. The lowest BCUT2D eigenvalue weighted by atomic mass is 9.99. The first-order chi connectivity index (χ1) is 40.1. The van der Waals surface area contributed by atoms with Gasteiger partial charge in [0.05, 0.1) is 39.1 Å². The predicted octanol–water partition coefficient (Wildman–Crippen LogP) is 13.8. The third-order valence-electron chi connectivity index (χ3n) is 13.3. The van der Waals surface area contributed by atoms with Crippen LogP contribution in [0.1, 0.15) is 162 Å². The second-order valence-electron chi connectivity index (χ2n) is 25.3. The van der Waals surface area contributed by atoms with Gasteiger partial charge in [0, 0.05) is 90.4 Å². The molecule has 0 fully saturated rings. The SMILES string of the molecule is CC(C)CCCC(=O)Cc1sc2c(c1-c1nc3cc(C(=O)N(C)C)ccc3s1)CCN(C(=O)OC(C)(C)C)C2.CC(C)N(CCC(=O)Nc1sc2c(c1-c1nc3cc(C(=O)O)ccc3s1)CCN(C(=O)OC(C)(C)C)C2)C(=O)OC(C)(C)C.CNC. The summed E-state index contributed by atoms with van der Waals surface area (Å²) in [7, 11) is 7.23. The topological polar surface area (TPSA) is 230 Å². The molecule has 23 heteroatoms. The van der Waals surface area contributed by atoms with E-state index < -0.39 is 35.0 Å². The highest BCUT2D eigenvalue weighted by Gasteiger charge is 2.34. The fourth-order valence-corrected chi connectivity index (χ4v) is 14.3. The Morgan fingerprint density at radius 3 is 1.65 bits per heavy atom. The number of aromatic carboxylic acids is 1. The van der Waals surface area contributed by atoms with Gasteiger partial charge in [0.15, 0.2) is 0 Å². The molecular formula is C63H86N8O11S4. The predicted molar refractivity (Wildman–Crippen MR) is 345 cm³/mol. The molecule has 0 saturated heterocycles. The van der Waals surface area contributed by atoms with Gasteiger partial charge in [0.1, 0.15) is 37.6 Å². The van der Waals surface area contributed by atoms with Crippen molar-refractivity contribution < 1.29 is 52.9 Å².